The lowest BCUT2D eigenvalue weighted by atomic mass is 10.0. The summed E-state index contributed by atoms with van der Waals surface area (Å²) >= 11 is 7.37. The SMILES string of the molecule is CC[C@H](NC(=O)CSc1ccc(Cl)cc1)c1ccc(C)cc1. The number of rotatable bonds is 6. The quantitative estimate of drug-likeness (QED) is 0.753. The van der Waals surface area contributed by atoms with Gasteiger partial charge in [0.2, 0.25) is 5.91 Å². The topological polar surface area (TPSA) is 29.1 Å². The largest absolute Gasteiger partial charge is 0.349 e. The molecule has 0 aliphatic rings. The normalized spacial score (nSPS) is 12.0. The molecule has 1 N–H and O–H groups in total. The smallest absolute Gasteiger partial charge is 0.230 e. The van der Waals surface area contributed by atoms with Crippen molar-refractivity contribution in [3.8, 4) is 0 Å². The lowest BCUT2D eigenvalue weighted by Gasteiger charge is -2.17. The molecule has 0 saturated carbocycles. The van der Waals surface area contributed by atoms with Gasteiger partial charge >= 0.3 is 0 Å². The molecule has 0 aromatic heterocycles. The van der Waals surface area contributed by atoms with E-state index in [0.717, 1.165) is 16.9 Å². The summed E-state index contributed by atoms with van der Waals surface area (Å²) < 4.78 is 0. The maximum Gasteiger partial charge on any atom is 0.230 e. The number of nitrogens with one attached hydrogen (secondary N) is 1. The number of carbonyl (C=O) groups excluding carboxylic acids is 1. The van der Waals surface area contributed by atoms with Crippen molar-refractivity contribution >= 4 is 29.3 Å². The monoisotopic (exact) mass is 333 g/mol. The van der Waals surface area contributed by atoms with Crippen LogP contribution in [0.15, 0.2) is 53.4 Å². The van der Waals surface area contributed by atoms with Crippen LogP contribution in [-0.4, -0.2) is 11.7 Å². The molecule has 2 aromatic carbocycles. The average Bonchev–Trinajstić information content (AvgIpc) is 2.53. The minimum Gasteiger partial charge on any atom is -0.349 e. The number of halogens is 1. The summed E-state index contributed by atoms with van der Waals surface area (Å²) in [6, 6.07) is 15.9. The second kappa shape index (κ2) is 8.25. The molecular weight excluding hydrogens is 314 g/mol. The molecule has 0 fully saturated rings. The summed E-state index contributed by atoms with van der Waals surface area (Å²) in [4.78, 5) is 13.2. The summed E-state index contributed by atoms with van der Waals surface area (Å²) in [5.41, 5.74) is 2.38. The van der Waals surface area contributed by atoms with Gasteiger partial charge in [-0.25, -0.2) is 0 Å². The third-order valence-electron chi connectivity index (χ3n) is 3.41. The van der Waals surface area contributed by atoms with Crippen LogP contribution in [0.5, 0.6) is 0 Å². The molecule has 1 amide bonds. The molecule has 2 rings (SSSR count). The molecule has 2 nitrogen and oxygen atoms in total. The fourth-order valence-corrected chi connectivity index (χ4v) is 2.97. The van der Waals surface area contributed by atoms with E-state index in [4.69, 9.17) is 11.6 Å². The van der Waals surface area contributed by atoms with Gasteiger partial charge in [0.25, 0.3) is 0 Å². The molecular formula is C18H20ClNOS. The van der Waals surface area contributed by atoms with E-state index < -0.39 is 0 Å². The van der Waals surface area contributed by atoms with E-state index in [9.17, 15) is 4.79 Å². The Balaban J connectivity index is 1.89. The van der Waals surface area contributed by atoms with Gasteiger partial charge in [0.15, 0.2) is 0 Å². The zero-order chi connectivity index (χ0) is 15.9. The fraction of sp³-hybridized carbons (Fsp3) is 0.278. The van der Waals surface area contributed by atoms with Crippen molar-refractivity contribution in [2.24, 2.45) is 0 Å². The number of benzene rings is 2. The number of hydrogen-bond acceptors (Lipinski definition) is 2. The van der Waals surface area contributed by atoms with Crippen molar-refractivity contribution in [3.63, 3.8) is 0 Å². The van der Waals surface area contributed by atoms with Crippen LogP contribution in [-0.2, 0) is 4.79 Å². The Morgan fingerprint density at radius 2 is 1.77 bits per heavy atom. The van der Waals surface area contributed by atoms with Crippen LogP contribution in [0.3, 0.4) is 0 Å². The third kappa shape index (κ3) is 5.08. The third-order valence-corrected chi connectivity index (χ3v) is 4.67. The van der Waals surface area contributed by atoms with Gasteiger partial charge in [-0.15, -0.1) is 11.8 Å². The van der Waals surface area contributed by atoms with Gasteiger partial charge in [0.05, 0.1) is 11.8 Å². The summed E-state index contributed by atoms with van der Waals surface area (Å²) in [5, 5.41) is 3.81. The van der Waals surface area contributed by atoms with Crippen molar-refractivity contribution in [2.45, 2.75) is 31.2 Å². The van der Waals surface area contributed by atoms with Gasteiger partial charge in [-0.3, -0.25) is 4.79 Å². The van der Waals surface area contributed by atoms with Gasteiger partial charge in [-0.05, 0) is 43.2 Å². The molecule has 0 unspecified atom stereocenters. The Morgan fingerprint density at radius 3 is 2.36 bits per heavy atom. The van der Waals surface area contributed by atoms with Crippen molar-refractivity contribution in [1.82, 2.24) is 5.32 Å². The molecule has 4 heteroatoms. The van der Waals surface area contributed by atoms with E-state index in [1.807, 2.05) is 24.3 Å². The number of amides is 1. The Bertz CT molecular complexity index is 610. The molecule has 1 atom stereocenters. The van der Waals surface area contributed by atoms with Gasteiger partial charge in [-0.2, -0.15) is 0 Å². The predicted molar refractivity (Wildman–Crippen MR) is 94.5 cm³/mol. The predicted octanol–water partition coefficient (Wildman–Crippen LogP) is 5.01. The van der Waals surface area contributed by atoms with Crippen molar-refractivity contribution in [2.75, 3.05) is 5.75 Å². The Labute approximate surface area is 141 Å². The first kappa shape index (κ1) is 16.9. The average molecular weight is 334 g/mol. The van der Waals surface area contributed by atoms with Crippen LogP contribution < -0.4 is 5.32 Å². The highest BCUT2D eigenvalue weighted by atomic mass is 35.5. The summed E-state index contributed by atoms with van der Waals surface area (Å²) in [6.45, 7) is 4.14. The molecule has 0 saturated heterocycles. The number of hydrogen-bond donors (Lipinski definition) is 1. The molecule has 22 heavy (non-hydrogen) atoms. The molecule has 0 aliphatic carbocycles. The Kier molecular flexibility index (Phi) is 6.34. The van der Waals surface area contributed by atoms with Crippen LogP contribution in [0.2, 0.25) is 5.02 Å². The van der Waals surface area contributed by atoms with Crippen molar-refractivity contribution in [3.05, 3.63) is 64.7 Å². The molecule has 0 aliphatic heterocycles. The Morgan fingerprint density at radius 1 is 1.14 bits per heavy atom. The highest BCUT2D eigenvalue weighted by Gasteiger charge is 2.12. The van der Waals surface area contributed by atoms with Crippen molar-refractivity contribution in [1.29, 1.82) is 0 Å². The maximum absolute atomic E-state index is 12.1. The van der Waals surface area contributed by atoms with Crippen LogP contribution in [0.1, 0.15) is 30.5 Å². The first-order valence-electron chi connectivity index (χ1n) is 7.32. The van der Waals surface area contributed by atoms with Gasteiger partial charge in [-0.1, -0.05) is 48.4 Å². The van der Waals surface area contributed by atoms with Gasteiger partial charge in [0.1, 0.15) is 0 Å². The second-order valence-corrected chi connectivity index (χ2v) is 6.67. The van der Waals surface area contributed by atoms with E-state index in [1.54, 1.807) is 0 Å². The fourth-order valence-electron chi connectivity index (χ4n) is 2.14. The molecule has 0 spiro atoms. The zero-order valence-electron chi connectivity index (χ0n) is 12.8. The molecule has 0 heterocycles. The van der Waals surface area contributed by atoms with Crippen LogP contribution in [0.25, 0.3) is 0 Å². The van der Waals surface area contributed by atoms with Gasteiger partial charge in [0, 0.05) is 9.92 Å². The molecule has 0 bridgehead atoms. The van der Waals surface area contributed by atoms with Crippen molar-refractivity contribution < 1.29 is 4.79 Å². The van der Waals surface area contributed by atoms with E-state index in [1.165, 1.54) is 17.3 Å². The van der Waals surface area contributed by atoms with Crippen LogP contribution in [0, 0.1) is 6.92 Å². The highest BCUT2D eigenvalue weighted by Crippen LogP contribution is 2.21. The Hall–Kier alpha value is -1.45. The molecule has 0 radical (unpaired) electrons. The zero-order valence-corrected chi connectivity index (χ0v) is 14.4. The van der Waals surface area contributed by atoms with Crippen LogP contribution >= 0.6 is 23.4 Å². The number of aryl methyl sites for hydroxylation is 1. The van der Waals surface area contributed by atoms with E-state index >= 15 is 0 Å². The number of thioether (sulfide) groups is 1. The number of carbonyl (C=O) groups is 1. The molecule has 116 valence electrons. The minimum absolute atomic E-state index is 0.0485. The summed E-state index contributed by atoms with van der Waals surface area (Å²) in [6.07, 6.45) is 0.875. The summed E-state index contributed by atoms with van der Waals surface area (Å²) in [5.74, 6) is 0.455. The first-order chi connectivity index (χ1) is 10.6. The molecule has 2 aromatic rings. The standard InChI is InChI=1S/C18H20ClNOS/c1-3-17(14-6-4-13(2)5-7-14)20-18(21)12-22-16-10-8-15(19)9-11-16/h4-11,17H,3,12H2,1-2H3,(H,20,21)/t17-/m0/s1. The van der Waals surface area contributed by atoms with E-state index in [2.05, 4.69) is 43.4 Å². The van der Waals surface area contributed by atoms with Crippen LogP contribution in [0.4, 0.5) is 0 Å². The maximum atomic E-state index is 12.1. The van der Waals surface area contributed by atoms with E-state index in [0.29, 0.717) is 10.8 Å². The summed E-state index contributed by atoms with van der Waals surface area (Å²) in [7, 11) is 0. The lowest BCUT2D eigenvalue weighted by molar-refractivity contribution is -0.119. The highest BCUT2D eigenvalue weighted by molar-refractivity contribution is 8.00. The first-order valence-corrected chi connectivity index (χ1v) is 8.69. The van der Waals surface area contributed by atoms with E-state index in [-0.39, 0.29) is 11.9 Å². The minimum atomic E-state index is 0.0485. The van der Waals surface area contributed by atoms with Gasteiger partial charge < -0.3 is 5.32 Å². The second-order valence-electron chi connectivity index (χ2n) is 5.18. The lowest BCUT2D eigenvalue weighted by Crippen LogP contribution is -2.29.